The predicted molar refractivity (Wildman–Crippen MR) is 112 cm³/mol. The van der Waals surface area contributed by atoms with Gasteiger partial charge in [0.1, 0.15) is 0 Å². The van der Waals surface area contributed by atoms with Crippen LogP contribution in [0.15, 0.2) is 41.6 Å². The molecule has 32 heavy (non-hydrogen) atoms. The molecular formula is C19H23ClF3N5O3S. The number of carbonyl (C=O) groups is 1. The van der Waals surface area contributed by atoms with Crippen molar-refractivity contribution in [1.82, 2.24) is 24.3 Å². The number of nitrogens with one attached hydrogen (secondary N) is 1. The smallest absolute Gasteiger partial charge is 0.355 e. The Morgan fingerprint density at radius 2 is 1.91 bits per heavy atom. The van der Waals surface area contributed by atoms with Gasteiger partial charge in [0.15, 0.2) is 0 Å². The molecule has 2 heterocycles. The maximum atomic E-state index is 13.1. The Kier molecular flexibility index (Phi) is 7.80. The molecule has 1 aromatic heterocycles. The first-order valence-electron chi connectivity index (χ1n) is 9.91. The number of halogens is 4. The van der Waals surface area contributed by atoms with Crippen molar-refractivity contribution >= 4 is 27.5 Å². The highest BCUT2D eigenvalue weighted by atomic mass is 35.5. The molecule has 0 atom stereocenters. The van der Waals surface area contributed by atoms with Crippen molar-refractivity contribution in [2.24, 2.45) is 0 Å². The van der Waals surface area contributed by atoms with Crippen LogP contribution < -0.4 is 5.32 Å². The van der Waals surface area contributed by atoms with Crippen molar-refractivity contribution in [2.45, 2.75) is 24.0 Å². The third-order valence-corrected chi connectivity index (χ3v) is 7.25. The third-order valence-electron chi connectivity index (χ3n) is 5.02. The minimum absolute atomic E-state index is 0.0683. The van der Waals surface area contributed by atoms with Gasteiger partial charge in [-0.1, -0.05) is 11.6 Å². The zero-order chi connectivity index (χ0) is 23.4. The van der Waals surface area contributed by atoms with Crippen molar-refractivity contribution in [3.8, 4) is 0 Å². The summed E-state index contributed by atoms with van der Waals surface area (Å²) in [6.45, 7) is 2.02. The average Bonchev–Trinajstić information content (AvgIpc) is 3.24. The number of aryl methyl sites for hydroxylation is 1. The van der Waals surface area contributed by atoms with Crippen LogP contribution in [0, 0.1) is 0 Å². The van der Waals surface area contributed by atoms with Gasteiger partial charge in [-0.25, -0.2) is 8.42 Å². The van der Waals surface area contributed by atoms with E-state index < -0.39 is 31.7 Å². The van der Waals surface area contributed by atoms with Crippen LogP contribution >= 0.6 is 11.6 Å². The number of hydrogen-bond acceptors (Lipinski definition) is 5. The summed E-state index contributed by atoms with van der Waals surface area (Å²) in [5, 5.41) is 6.33. The molecule has 1 fully saturated rings. The predicted octanol–water partition coefficient (Wildman–Crippen LogP) is 2.07. The van der Waals surface area contributed by atoms with Gasteiger partial charge in [0.25, 0.3) is 0 Å². The molecule has 0 radical (unpaired) electrons. The molecule has 0 unspecified atom stereocenters. The van der Waals surface area contributed by atoms with Crippen LogP contribution in [0.2, 0.25) is 5.02 Å². The SMILES string of the molecule is O=C(CN1CCN(S(=O)(=O)c2ccc(Cl)c(C(F)(F)F)c2)CC1)NCCCn1cccn1. The number of amides is 1. The van der Waals surface area contributed by atoms with E-state index in [-0.39, 0.29) is 25.5 Å². The molecule has 176 valence electrons. The number of sulfonamides is 1. The molecule has 1 aliphatic heterocycles. The van der Waals surface area contributed by atoms with E-state index in [1.165, 1.54) is 0 Å². The van der Waals surface area contributed by atoms with Gasteiger partial charge >= 0.3 is 6.18 Å². The van der Waals surface area contributed by atoms with Crippen LogP contribution in [0.4, 0.5) is 13.2 Å². The first-order chi connectivity index (χ1) is 15.1. The highest BCUT2D eigenvalue weighted by molar-refractivity contribution is 7.89. The molecule has 1 aromatic carbocycles. The molecule has 0 aliphatic carbocycles. The van der Waals surface area contributed by atoms with Gasteiger partial charge in [0.05, 0.1) is 22.0 Å². The zero-order valence-corrected chi connectivity index (χ0v) is 18.6. The lowest BCUT2D eigenvalue weighted by molar-refractivity contribution is -0.137. The Morgan fingerprint density at radius 1 is 1.19 bits per heavy atom. The Balaban J connectivity index is 1.49. The highest BCUT2D eigenvalue weighted by Crippen LogP contribution is 2.36. The molecule has 0 spiro atoms. The minimum atomic E-state index is -4.76. The van der Waals surface area contributed by atoms with Crippen molar-refractivity contribution in [2.75, 3.05) is 39.3 Å². The van der Waals surface area contributed by atoms with E-state index in [1.807, 2.05) is 12.3 Å². The number of carbonyl (C=O) groups excluding carboxylic acids is 1. The standard InChI is InChI=1S/C19H23ClF3N5O3S/c20-17-4-3-15(13-16(17)19(21,22)23)32(30,31)28-11-9-26(10-12-28)14-18(29)24-5-1-7-27-8-2-6-25-27/h2-4,6,8,13H,1,5,7,9-12,14H2,(H,24,29). The Bertz CT molecular complexity index is 1020. The largest absolute Gasteiger partial charge is 0.417 e. The summed E-state index contributed by atoms with van der Waals surface area (Å²) in [7, 11) is -4.11. The fraction of sp³-hybridized carbons (Fsp3) is 0.474. The second-order valence-electron chi connectivity index (χ2n) is 7.29. The van der Waals surface area contributed by atoms with Gasteiger partial charge in [-0.2, -0.15) is 22.6 Å². The first-order valence-corrected chi connectivity index (χ1v) is 11.7. The summed E-state index contributed by atoms with van der Waals surface area (Å²) in [5.74, 6) is -0.172. The highest BCUT2D eigenvalue weighted by Gasteiger charge is 2.36. The van der Waals surface area contributed by atoms with E-state index in [0.29, 0.717) is 32.2 Å². The molecular weight excluding hydrogens is 471 g/mol. The summed E-state index contributed by atoms with van der Waals surface area (Å²) in [6.07, 6.45) is -0.516. The third kappa shape index (κ3) is 6.21. The lowest BCUT2D eigenvalue weighted by Crippen LogP contribution is -2.51. The van der Waals surface area contributed by atoms with Crippen molar-refractivity contribution in [3.05, 3.63) is 47.2 Å². The summed E-state index contributed by atoms with van der Waals surface area (Å²) < 4.78 is 67.7. The first kappa shape index (κ1) is 24.5. The maximum absolute atomic E-state index is 13.1. The molecule has 0 saturated carbocycles. The fourth-order valence-electron chi connectivity index (χ4n) is 3.32. The number of rotatable bonds is 8. The van der Waals surface area contributed by atoms with Crippen LogP contribution in [0.5, 0.6) is 0 Å². The van der Waals surface area contributed by atoms with Gasteiger partial charge in [-0.15, -0.1) is 0 Å². The molecule has 8 nitrogen and oxygen atoms in total. The normalized spacial score (nSPS) is 16.2. The van der Waals surface area contributed by atoms with Crippen LogP contribution in [-0.4, -0.2) is 72.6 Å². The summed E-state index contributed by atoms with van der Waals surface area (Å²) in [6, 6.07) is 4.38. The second-order valence-corrected chi connectivity index (χ2v) is 9.64. The van der Waals surface area contributed by atoms with Crippen LogP contribution in [0.25, 0.3) is 0 Å². The molecule has 1 saturated heterocycles. The monoisotopic (exact) mass is 493 g/mol. The van der Waals surface area contributed by atoms with Crippen LogP contribution in [0.3, 0.4) is 0 Å². The van der Waals surface area contributed by atoms with Crippen LogP contribution in [-0.2, 0) is 27.5 Å². The van der Waals surface area contributed by atoms with Crippen molar-refractivity contribution in [3.63, 3.8) is 0 Å². The molecule has 3 rings (SSSR count). The van der Waals surface area contributed by atoms with Gasteiger partial charge in [-0.05, 0) is 30.7 Å². The number of nitrogens with zero attached hydrogens (tertiary/aromatic N) is 4. The quantitative estimate of drug-likeness (QED) is 0.569. The Labute approximate surface area is 189 Å². The Hall–Kier alpha value is -2.15. The zero-order valence-electron chi connectivity index (χ0n) is 17.1. The number of benzene rings is 1. The molecule has 13 heteroatoms. The average molecular weight is 494 g/mol. The van der Waals surface area contributed by atoms with E-state index in [0.717, 1.165) is 22.9 Å². The lowest BCUT2D eigenvalue weighted by Gasteiger charge is -2.33. The van der Waals surface area contributed by atoms with E-state index in [1.54, 1.807) is 15.8 Å². The molecule has 1 aliphatic rings. The van der Waals surface area contributed by atoms with E-state index >= 15 is 0 Å². The maximum Gasteiger partial charge on any atom is 0.417 e. The summed E-state index contributed by atoms with van der Waals surface area (Å²) in [5.41, 5.74) is -1.19. The van der Waals surface area contributed by atoms with Gasteiger partial charge in [0, 0.05) is 51.7 Å². The van der Waals surface area contributed by atoms with E-state index in [9.17, 15) is 26.4 Å². The lowest BCUT2D eigenvalue weighted by atomic mass is 10.2. The van der Waals surface area contributed by atoms with E-state index in [2.05, 4.69) is 10.4 Å². The van der Waals surface area contributed by atoms with E-state index in [4.69, 9.17) is 11.6 Å². The van der Waals surface area contributed by atoms with Gasteiger partial charge in [-0.3, -0.25) is 14.4 Å². The summed E-state index contributed by atoms with van der Waals surface area (Å²) >= 11 is 5.58. The number of alkyl halides is 3. The topological polar surface area (TPSA) is 87.5 Å². The minimum Gasteiger partial charge on any atom is -0.355 e. The molecule has 1 amide bonds. The second kappa shape index (κ2) is 10.2. The Morgan fingerprint density at radius 3 is 2.53 bits per heavy atom. The molecule has 1 N–H and O–H groups in total. The fourth-order valence-corrected chi connectivity index (χ4v) is 4.99. The van der Waals surface area contributed by atoms with Gasteiger partial charge < -0.3 is 5.32 Å². The van der Waals surface area contributed by atoms with Crippen molar-refractivity contribution < 1.29 is 26.4 Å². The van der Waals surface area contributed by atoms with Gasteiger partial charge in [0.2, 0.25) is 15.9 Å². The number of hydrogen-bond donors (Lipinski definition) is 1. The molecule has 2 aromatic rings. The molecule has 0 bridgehead atoms. The van der Waals surface area contributed by atoms with Crippen LogP contribution in [0.1, 0.15) is 12.0 Å². The summed E-state index contributed by atoms with van der Waals surface area (Å²) in [4.78, 5) is 13.5. The number of piperazine rings is 1. The van der Waals surface area contributed by atoms with Crippen molar-refractivity contribution in [1.29, 1.82) is 0 Å². The number of aromatic nitrogens is 2.